The largest absolute Gasteiger partial charge is 0.370 e. The van der Waals surface area contributed by atoms with Crippen molar-refractivity contribution in [2.24, 2.45) is 0 Å². The van der Waals surface area contributed by atoms with Crippen LogP contribution in [0.4, 0.5) is 5.82 Å². The van der Waals surface area contributed by atoms with E-state index in [9.17, 15) is 0 Å². The number of ether oxygens (including phenoxy) is 1. The van der Waals surface area contributed by atoms with E-state index in [0.29, 0.717) is 0 Å². The zero-order valence-corrected chi connectivity index (χ0v) is 20.7. The van der Waals surface area contributed by atoms with E-state index in [1.165, 1.54) is 40.9 Å². The molecule has 0 unspecified atom stereocenters. The summed E-state index contributed by atoms with van der Waals surface area (Å²) in [5.41, 5.74) is 2.82. The summed E-state index contributed by atoms with van der Waals surface area (Å²) in [6.45, 7) is 10.2. The second-order valence-corrected chi connectivity index (χ2v) is 10.9. The molecule has 0 saturated carbocycles. The summed E-state index contributed by atoms with van der Waals surface area (Å²) in [4.78, 5) is 18.8. The van der Waals surface area contributed by atoms with Gasteiger partial charge < -0.3 is 19.4 Å². The number of hydrogen-bond acceptors (Lipinski definition) is 5. The Morgan fingerprint density at radius 3 is 2.62 bits per heavy atom. The van der Waals surface area contributed by atoms with Crippen molar-refractivity contribution in [3.63, 3.8) is 0 Å². The molecule has 0 radical (unpaired) electrons. The van der Waals surface area contributed by atoms with E-state index in [-0.39, 0.29) is 0 Å². The van der Waals surface area contributed by atoms with Crippen LogP contribution in [0.2, 0.25) is 0 Å². The number of anilines is 1. The first-order chi connectivity index (χ1) is 16.8. The van der Waals surface area contributed by atoms with Gasteiger partial charge in [0.25, 0.3) is 0 Å². The SMILES string of the molecule is C(=C\c1ccccc1)/C[NH+]1CCN(c2nc(C[NH+]3CCOCC3)nc3sc4c(c23)CCC4)CC1. The van der Waals surface area contributed by atoms with Gasteiger partial charge in [0.15, 0.2) is 5.82 Å². The quantitative estimate of drug-likeness (QED) is 0.557. The van der Waals surface area contributed by atoms with Gasteiger partial charge in [0.05, 0.1) is 51.3 Å². The predicted octanol–water partition coefficient (Wildman–Crippen LogP) is 1.01. The lowest BCUT2D eigenvalue weighted by Gasteiger charge is -2.33. The van der Waals surface area contributed by atoms with Gasteiger partial charge in [-0.2, -0.15) is 0 Å². The maximum atomic E-state index is 5.56. The van der Waals surface area contributed by atoms with Gasteiger partial charge in [-0.1, -0.05) is 36.4 Å². The van der Waals surface area contributed by atoms with E-state index in [0.717, 1.165) is 71.4 Å². The molecule has 1 aromatic carbocycles. The Balaban J connectivity index is 1.19. The van der Waals surface area contributed by atoms with Crippen LogP contribution in [0.1, 0.15) is 28.2 Å². The summed E-state index contributed by atoms with van der Waals surface area (Å²) in [7, 11) is 0. The Morgan fingerprint density at radius 2 is 1.79 bits per heavy atom. The normalized spacial score (nSPS) is 19.9. The van der Waals surface area contributed by atoms with E-state index in [4.69, 9.17) is 14.7 Å². The number of quaternary nitrogens is 2. The van der Waals surface area contributed by atoms with E-state index in [1.807, 2.05) is 11.3 Å². The number of hydrogen-bond donors (Lipinski definition) is 2. The van der Waals surface area contributed by atoms with Crippen LogP contribution in [0.5, 0.6) is 0 Å². The smallest absolute Gasteiger partial charge is 0.187 e. The number of fused-ring (bicyclic) bond motifs is 3. The lowest BCUT2D eigenvalue weighted by molar-refractivity contribution is -0.922. The van der Waals surface area contributed by atoms with Crippen molar-refractivity contribution in [2.45, 2.75) is 25.8 Å². The summed E-state index contributed by atoms with van der Waals surface area (Å²) in [5.74, 6) is 2.23. The number of piperazine rings is 1. The lowest BCUT2D eigenvalue weighted by atomic mass is 10.1. The van der Waals surface area contributed by atoms with Crippen LogP contribution < -0.4 is 14.7 Å². The molecule has 4 heterocycles. The molecule has 2 N–H and O–H groups in total. The molecule has 3 aliphatic rings. The zero-order valence-electron chi connectivity index (χ0n) is 19.9. The average molecular weight is 478 g/mol. The number of morpholine rings is 1. The molecule has 2 aliphatic heterocycles. The Bertz CT molecular complexity index is 1150. The molecule has 0 bridgehead atoms. The Hall–Kier alpha value is -2.32. The molecular weight excluding hydrogens is 442 g/mol. The minimum absolute atomic E-state index is 0.848. The Morgan fingerprint density at radius 1 is 0.971 bits per heavy atom. The number of rotatable bonds is 6. The molecule has 2 fully saturated rings. The van der Waals surface area contributed by atoms with Gasteiger partial charge in [0.2, 0.25) is 0 Å². The number of nitrogens with zero attached hydrogens (tertiary/aromatic N) is 3. The number of nitrogens with one attached hydrogen (secondary N) is 2. The van der Waals surface area contributed by atoms with E-state index < -0.39 is 0 Å². The van der Waals surface area contributed by atoms with Gasteiger partial charge in [0, 0.05) is 4.88 Å². The van der Waals surface area contributed by atoms with Gasteiger partial charge in [0.1, 0.15) is 30.3 Å². The Labute approximate surface area is 205 Å². The van der Waals surface area contributed by atoms with Crippen molar-refractivity contribution in [1.29, 1.82) is 0 Å². The zero-order chi connectivity index (χ0) is 22.7. The molecule has 178 valence electrons. The highest BCUT2D eigenvalue weighted by Crippen LogP contribution is 2.40. The van der Waals surface area contributed by atoms with Gasteiger partial charge >= 0.3 is 0 Å². The molecule has 6 nitrogen and oxygen atoms in total. The molecule has 1 aliphatic carbocycles. The third-order valence-corrected chi connectivity index (χ3v) is 8.67. The van der Waals surface area contributed by atoms with Crippen LogP contribution in [-0.4, -0.2) is 69.0 Å². The standard InChI is InChI=1S/C27H33N5OS/c1-2-6-21(7-3-1)8-5-11-30-12-14-32(15-13-30)26-25-22-9-4-10-23(22)34-27(25)29-24(28-26)20-31-16-18-33-19-17-31/h1-3,5-8H,4,9-20H2/p+2/b8-5+. The van der Waals surface area contributed by atoms with Crippen molar-refractivity contribution in [3.8, 4) is 0 Å². The highest BCUT2D eigenvalue weighted by Gasteiger charge is 2.28. The molecule has 0 spiro atoms. The molecule has 7 heteroatoms. The lowest BCUT2D eigenvalue weighted by Crippen LogP contribution is -3.14. The molecule has 2 aromatic heterocycles. The van der Waals surface area contributed by atoms with Crippen LogP contribution in [0.25, 0.3) is 16.3 Å². The second-order valence-electron chi connectivity index (χ2n) is 9.79. The van der Waals surface area contributed by atoms with Gasteiger partial charge in [-0.15, -0.1) is 11.3 Å². The third kappa shape index (κ3) is 4.75. The summed E-state index contributed by atoms with van der Waals surface area (Å²) in [5, 5.41) is 1.37. The van der Waals surface area contributed by atoms with Crippen LogP contribution in [0.15, 0.2) is 36.4 Å². The molecule has 34 heavy (non-hydrogen) atoms. The summed E-state index contributed by atoms with van der Waals surface area (Å²) >= 11 is 1.92. The van der Waals surface area contributed by atoms with Crippen molar-refractivity contribution in [2.75, 3.05) is 63.9 Å². The highest BCUT2D eigenvalue weighted by atomic mass is 32.1. The summed E-state index contributed by atoms with van der Waals surface area (Å²) in [6.07, 6.45) is 8.27. The van der Waals surface area contributed by atoms with Crippen LogP contribution >= 0.6 is 11.3 Å². The van der Waals surface area contributed by atoms with Crippen LogP contribution in [0, 0.1) is 0 Å². The van der Waals surface area contributed by atoms with Crippen LogP contribution in [0.3, 0.4) is 0 Å². The van der Waals surface area contributed by atoms with Gasteiger partial charge in [-0.05, 0) is 36.5 Å². The first-order valence-electron chi connectivity index (χ1n) is 12.9. The first kappa shape index (κ1) is 22.2. The minimum Gasteiger partial charge on any atom is -0.370 e. The average Bonchev–Trinajstić information content (AvgIpc) is 3.47. The molecular formula is C27H35N5OS+2. The summed E-state index contributed by atoms with van der Waals surface area (Å²) < 4.78 is 5.56. The minimum atomic E-state index is 0.848. The second kappa shape index (κ2) is 10.1. The maximum Gasteiger partial charge on any atom is 0.187 e. The molecule has 0 amide bonds. The number of aromatic nitrogens is 2. The number of thiophene rings is 1. The van der Waals surface area contributed by atoms with Crippen molar-refractivity contribution in [1.82, 2.24) is 9.97 Å². The van der Waals surface area contributed by atoms with Crippen molar-refractivity contribution >= 4 is 33.4 Å². The molecule has 6 rings (SSSR count). The fraction of sp³-hybridized carbons (Fsp3) is 0.481. The highest BCUT2D eigenvalue weighted by molar-refractivity contribution is 7.19. The fourth-order valence-electron chi connectivity index (χ4n) is 5.55. The molecule has 0 atom stereocenters. The van der Waals surface area contributed by atoms with E-state index >= 15 is 0 Å². The number of aryl methyl sites for hydroxylation is 2. The summed E-state index contributed by atoms with van der Waals surface area (Å²) in [6, 6.07) is 10.6. The monoisotopic (exact) mass is 477 g/mol. The third-order valence-electron chi connectivity index (χ3n) is 7.49. The van der Waals surface area contributed by atoms with Crippen molar-refractivity contribution < 1.29 is 14.5 Å². The van der Waals surface area contributed by atoms with Crippen LogP contribution in [-0.2, 0) is 24.1 Å². The first-order valence-corrected chi connectivity index (χ1v) is 13.7. The molecule has 2 saturated heterocycles. The number of benzene rings is 1. The van der Waals surface area contributed by atoms with E-state index in [2.05, 4.69) is 47.4 Å². The maximum absolute atomic E-state index is 5.56. The topological polar surface area (TPSA) is 47.1 Å². The Kier molecular flexibility index (Phi) is 6.60. The van der Waals surface area contributed by atoms with Crippen molar-refractivity contribution in [3.05, 3.63) is 58.2 Å². The van der Waals surface area contributed by atoms with Gasteiger partial charge in [-0.25, -0.2) is 9.97 Å². The molecule has 3 aromatic rings. The van der Waals surface area contributed by atoms with E-state index in [1.54, 1.807) is 20.2 Å². The predicted molar refractivity (Wildman–Crippen MR) is 138 cm³/mol. The van der Waals surface area contributed by atoms with Gasteiger partial charge in [-0.3, -0.25) is 0 Å². The fourth-order valence-corrected chi connectivity index (χ4v) is 6.83.